The quantitative estimate of drug-likeness (QED) is 0.498. The Morgan fingerprint density at radius 1 is 1.28 bits per heavy atom. The molecule has 0 radical (unpaired) electrons. The first-order valence-electron chi connectivity index (χ1n) is 9.03. The van der Waals surface area contributed by atoms with Crippen molar-refractivity contribution in [2.24, 2.45) is 0 Å². The van der Waals surface area contributed by atoms with Crippen LogP contribution >= 0.6 is 22.9 Å². The lowest BCUT2D eigenvalue weighted by Crippen LogP contribution is -2.19. The molecule has 4 aromatic rings. The third-order valence-corrected chi connectivity index (χ3v) is 7.65. The van der Waals surface area contributed by atoms with Crippen molar-refractivity contribution in [2.75, 3.05) is 18.5 Å². The van der Waals surface area contributed by atoms with Crippen molar-refractivity contribution in [1.82, 2.24) is 19.8 Å². The number of halogens is 1. The van der Waals surface area contributed by atoms with E-state index in [1.807, 2.05) is 11.4 Å². The molecule has 8 nitrogen and oxygen atoms in total. The molecular formula is C18H16ClN5O3S2. The molecule has 0 saturated carbocycles. The van der Waals surface area contributed by atoms with Gasteiger partial charge in [0.05, 0.1) is 21.2 Å². The zero-order valence-electron chi connectivity index (χ0n) is 15.1. The Hall–Kier alpha value is -2.27. The summed E-state index contributed by atoms with van der Waals surface area (Å²) in [4.78, 5) is 4.67. The number of nitrogens with zero attached hydrogens (tertiary/aromatic N) is 4. The maximum atomic E-state index is 13.1. The number of thiophene rings is 1. The van der Waals surface area contributed by atoms with Gasteiger partial charge in [0.25, 0.3) is 0 Å². The van der Waals surface area contributed by atoms with Crippen LogP contribution in [0.5, 0.6) is 0 Å². The summed E-state index contributed by atoms with van der Waals surface area (Å²) in [5, 5.41) is 13.5. The van der Waals surface area contributed by atoms with E-state index in [2.05, 4.69) is 20.6 Å². The minimum absolute atomic E-state index is 0.0883. The minimum Gasteiger partial charge on any atom is -0.376 e. The zero-order valence-corrected chi connectivity index (χ0v) is 17.5. The van der Waals surface area contributed by atoms with Gasteiger partial charge in [-0.25, -0.2) is 13.4 Å². The minimum atomic E-state index is -3.90. The molecule has 0 amide bonds. The van der Waals surface area contributed by atoms with Gasteiger partial charge in [0.2, 0.25) is 14.9 Å². The summed E-state index contributed by atoms with van der Waals surface area (Å²) >= 11 is 7.39. The standard InChI is InChI=1S/C18H16ClN5O3S2/c19-11-3-5-13(6-4-11)29(25,26)18-17-21-16(20-10-12-2-1-8-27-12)15-14(7-9-28-15)24(17)23-22-18/h3-7,9,12H,1-2,8,10H2,(H,20,21)/t12-/m1/s1. The van der Waals surface area contributed by atoms with Crippen LogP contribution in [0, 0.1) is 0 Å². The summed E-state index contributed by atoms with van der Waals surface area (Å²) in [7, 11) is -3.90. The van der Waals surface area contributed by atoms with Crippen molar-refractivity contribution >= 4 is 54.5 Å². The first kappa shape index (κ1) is 18.7. The van der Waals surface area contributed by atoms with Crippen LogP contribution in [0.3, 0.4) is 0 Å². The molecule has 0 bridgehead atoms. The molecular weight excluding hydrogens is 434 g/mol. The molecule has 4 heterocycles. The zero-order chi connectivity index (χ0) is 20.0. The van der Waals surface area contributed by atoms with E-state index in [4.69, 9.17) is 16.3 Å². The van der Waals surface area contributed by atoms with Gasteiger partial charge < -0.3 is 10.1 Å². The third-order valence-electron chi connectivity index (χ3n) is 4.82. The lowest BCUT2D eigenvalue weighted by molar-refractivity contribution is 0.120. The van der Waals surface area contributed by atoms with Crippen LogP contribution in [0.2, 0.25) is 5.02 Å². The highest BCUT2D eigenvalue weighted by atomic mass is 35.5. The number of fused-ring (bicyclic) bond motifs is 3. The Bertz CT molecular complexity index is 1290. The predicted octanol–water partition coefficient (Wildman–Crippen LogP) is 3.42. The lowest BCUT2D eigenvalue weighted by atomic mass is 10.2. The van der Waals surface area contributed by atoms with Gasteiger partial charge in [0, 0.05) is 18.2 Å². The van der Waals surface area contributed by atoms with Gasteiger partial charge in [-0.15, -0.1) is 16.4 Å². The van der Waals surface area contributed by atoms with E-state index in [1.54, 1.807) is 0 Å². The van der Waals surface area contributed by atoms with Gasteiger partial charge in [0.1, 0.15) is 5.82 Å². The van der Waals surface area contributed by atoms with E-state index >= 15 is 0 Å². The maximum absolute atomic E-state index is 13.1. The highest BCUT2D eigenvalue weighted by molar-refractivity contribution is 7.91. The molecule has 150 valence electrons. The summed E-state index contributed by atoms with van der Waals surface area (Å²) < 4.78 is 34.3. The van der Waals surface area contributed by atoms with Crippen LogP contribution in [0.1, 0.15) is 12.8 Å². The highest BCUT2D eigenvalue weighted by Crippen LogP contribution is 2.31. The fraction of sp³-hybridized carbons (Fsp3) is 0.278. The molecule has 0 aliphatic carbocycles. The second-order valence-electron chi connectivity index (χ2n) is 6.70. The third kappa shape index (κ3) is 3.25. The molecule has 1 saturated heterocycles. The number of rotatable bonds is 5. The molecule has 29 heavy (non-hydrogen) atoms. The second kappa shape index (κ2) is 7.21. The maximum Gasteiger partial charge on any atom is 0.229 e. The summed E-state index contributed by atoms with van der Waals surface area (Å²) in [5.74, 6) is 0.604. The number of aromatic nitrogens is 4. The van der Waals surface area contributed by atoms with Crippen molar-refractivity contribution in [1.29, 1.82) is 0 Å². The van der Waals surface area contributed by atoms with Crippen LogP contribution in [-0.2, 0) is 14.6 Å². The lowest BCUT2D eigenvalue weighted by Gasteiger charge is -2.12. The summed E-state index contributed by atoms with van der Waals surface area (Å²) in [6.07, 6.45) is 2.17. The molecule has 0 unspecified atom stereocenters. The Kier molecular flexibility index (Phi) is 4.66. The molecule has 1 aliphatic heterocycles. The van der Waals surface area contributed by atoms with Gasteiger partial charge in [-0.2, -0.15) is 4.52 Å². The van der Waals surface area contributed by atoms with Crippen LogP contribution < -0.4 is 5.32 Å². The van der Waals surface area contributed by atoms with Crippen molar-refractivity contribution in [3.8, 4) is 0 Å². The first-order valence-corrected chi connectivity index (χ1v) is 11.8. The SMILES string of the molecule is O=S(=O)(c1ccc(Cl)cc1)c1nnn2c1nc(NC[C@H]1CCCO1)c1sccc12. The van der Waals surface area contributed by atoms with E-state index < -0.39 is 9.84 Å². The first-order chi connectivity index (χ1) is 14.0. The number of hydrogen-bond acceptors (Lipinski definition) is 8. The molecule has 1 aliphatic rings. The van der Waals surface area contributed by atoms with Crippen molar-refractivity contribution in [3.05, 3.63) is 40.7 Å². The van der Waals surface area contributed by atoms with Gasteiger partial charge in [-0.05, 0) is 48.6 Å². The summed E-state index contributed by atoms with van der Waals surface area (Å²) in [6, 6.07) is 7.82. The van der Waals surface area contributed by atoms with Crippen LogP contribution in [0.4, 0.5) is 5.82 Å². The Morgan fingerprint density at radius 3 is 2.86 bits per heavy atom. The van der Waals surface area contributed by atoms with E-state index in [9.17, 15) is 8.42 Å². The van der Waals surface area contributed by atoms with Gasteiger partial charge in [0.15, 0.2) is 5.65 Å². The Labute approximate surface area is 175 Å². The molecule has 11 heteroatoms. The van der Waals surface area contributed by atoms with Gasteiger partial charge in [-0.3, -0.25) is 0 Å². The van der Waals surface area contributed by atoms with E-state index in [1.165, 1.54) is 40.1 Å². The molecule has 0 spiro atoms. The monoisotopic (exact) mass is 449 g/mol. The fourth-order valence-electron chi connectivity index (χ4n) is 3.36. The Balaban J connectivity index is 1.62. The van der Waals surface area contributed by atoms with Gasteiger partial charge >= 0.3 is 0 Å². The number of ether oxygens (including phenoxy) is 1. The predicted molar refractivity (Wildman–Crippen MR) is 111 cm³/mol. The van der Waals surface area contributed by atoms with Crippen molar-refractivity contribution < 1.29 is 13.2 Å². The molecule has 3 aromatic heterocycles. The average molecular weight is 450 g/mol. The summed E-state index contributed by atoms with van der Waals surface area (Å²) in [6.45, 7) is 1.38. The topological polar surface area (TPSA) is 98.5 Å². The van der Waals surface area contributed by atoms with Crippen LogP contribution in [0.25, 0.3) is 15.9 Å². The van der Waals surface area contributed by atoms with Gasteiger partial charge in [-0.1, -0.05) is 16.8 Å². The second-order valence-corrected chi connectivity index (χ2v) is 9.92. The van der Waals surface area contributed by atoms with E-state index in [0.717, 1.165) is 29.7 Å². The number of anilines is 1. The largest absolute Gasteiger partial charge is 0.376 e. The summed E-state index contributed by atoms with van der Waals surface area (Å²) in [5.41, 5.74) is 0.931. The van der Waals surface area contributed by atoms with E-state index in [-0.39, 0.29) is 21.7 Å². The fourth-order valence-corrected chi connectivity index (χ4v) is 5.56. The molecule has 1 fully saturated rings. The molecule has 5 rings (SSSR count). The normalized spacial score (nSPS) is 17.3. The molecule has 1 N–H and O–H groups in total. The van der Waals surface area contributed by atoms with Crippen molar-refractivity contribution in [3.63, 3.8) is 0 Å². The number of nitrogens with one attached hydrogen (secondary N) is 1. The number of sulfone groups is 1. The van der Waals surface area contributed by atoms with E-state index in [0.29, 0.717) is 17.4 Å². The van der Waals surface area contributed by atoms with Crippen molar-refractivity contribution in [2.45, 2.75) is 28.9 Å². The Morgan fingerprint density at radius 2 is 2.10 bits per heavy atom. The smallest absolute Gasteiger partial charge is 0.229 e. The number of benzene rings is 1. The molecule has 1 aromatic carbocycles. The average Bonchev–Trinajstić information content (AvgIpc) is 3.45. The molecule has 1 atom stereocenters. The van der Waals surface area contributed by atoms with Crippen LogP contribution in [-0.4, -0.2) is 47.5 Å². The highest BCUT2D eigenvalue weighted by Gasteiger charge is 2.27. The van der Waals surface area contributed by atoms with Crippen LogP contribution in [0.15, 0.2) is 45.6 Å². The number of hydrogen-bond donors (Lipinski definition) is 1.